The first kappa shape index (κ1) is 13.1. The third-order valence-corrected chi connectivity index (χ3v) is 4.65. The van der Waals surface area contributed by atoms with Gasteiger partial charge >= 0.3 is 0 Å². The third-order valence-electron chi connectivity index (χ3n) is 4.33. The van der Waals surface area contributed by atoms with Crippen LogP contribution in [0.1, 0.15) is 31.7 Å². The molecule has 0 bridgehead atoms. The molecule has 1 aromatic rings. The van der Waals surface area contributed by atoms with Gasteiger partial charge < -0.3 is 4.90 Å². The number of halogens is 1. The van der Waals surface area contributed by atoms with Crippen LogP contribution in [0.25, 0.3) is 0 Å². The first-order valence-electron chi connectivity index (χ1n) is 7.28. The quantitative estimate of drug-likeness (QED) is 0.779. The average Bonchev–Trinajstić information content (AvgIpc) is 2.76. The van der Waals surface area contributed by atoms with E-state index in [1.807, 2.05) is 0 Å². The molecule has 0 spiro atoms. The zero-order valence-corrected chi connectivity index (χ0v) is 12.2. The number of nitrogens with zero attached hydrogens (tertiary/aromatic N) is 4. The second-order valence-electron chi connectivity index (χ2n) is 5.45. The van der Waals surface area contributed by atoms with Crippen molar-refractivity contribution >= 4 is 17.4 Å². The van der Waals surface area contributed by atoms with Crippen molar-refractivity contribution in [3.63, 3.8) is 0 Å². The van der Waals surface area contributed by atoms with Crippen molar-refractivity contribution in [2.24, 2.45) is 0 Å². The van der Waals surface area contributed by atoms with E-state index >= 15 is 0 Å². The average molecular weight is 281 g/mol. The monoisotopic (exact) mass is 280 g/mol. The lowest BCUT2D eigenvalue weighted by molar-refractivity contribution is 0.273. The van der Waals surface area contributed by atoms with E-state index in [0.717, 1.165) is 30.9 Å². The van der Waals surface area contributed by atoms with E-state index in [4.69, 9.17) is 11.6 Å². The van der Waals surface area contributed by atoms with Gasteiger partial charge in [0, 0.05) is 31.2 Å². The fourth-order valence-electron chi connectivity index (χ4n) is 3.36. The predicted molar refractivity (Wildman–Crippen MR) is 77.8 cm³/mol. The summed E-state index contributed by atoms with van der Waals surface area (Å²) in [7, 11) is 0. The highest BCUT2D eigenvalue weighted by molar-refractivity contribution is 6.30. The van der Waals surface area contributed by atoms with Crippen LogP contribution < -0.4 is 4.90 Å². The van der Waals surface area contributed by atoms with Gasteiger partial charge in [0.25, 0.3) is 0 Å². The van der Waals surface area contributed by atoms with Gasteiger partial charge in [-0.05, 0) is 32.2 Å². The summed E-state index contributed by atoms with van der Waals surface area (Å²) >= 11 is 6.21. The Balaban J connectivity index is 1.87. The van der Waals surface area contributed by atoms with Crippen molar-refractivity contribution in [2.75, 3.05) is 31.1 Å². The van der Waals surface area contributed by atoms with E-state index in [9.17, 15) is 0 Å². The first-order valence-corrected chi connectivity index (χ1v) is 7.65. The molecule has 3 rings (SSSR count). The SMILES string of the molecule is CCc1c(Cl)ncnc1N1CCCN2CCCC2C1. The van der Waals surface area contributed by atoms with Crippen molar-refractivity contribution < 1.29 is 0 Å². The van der Waals surface area contributed by atoms with Crippen molar-refractivity contribution in [1.82, 2.24) is 14.9 Å². The van der Waals surface area contributed by atoms with Crippen LogP contribution in [0.3, 0.4) is 0 Å². The van der Waals surface area contributed by atoms with Gasteiger partial charge in [0.05, 0.1) is 0 Å². The molecule has 3 heterocycles. The minimum Gasteiger partial charge on any atom is -0.355 e. The van der Waals surface area contributed by atoms with E-state index in [-0.39, 0.29) is 0 Å². The largest absolute Gasteiger partial charge is 0.355 e. The number of anilines is 1. The van der Waals surface area contributed by atoms with Crippen LogP contribution in [0.4, 0.5) is 5.82 Å². The molecule has 0 radical (unpaired) electrons. The van der Waals surface area contributed by atoms with Crippen molar-refractivity contribution in [2.45, 2.75) is 38.6 Å². The topological polar surface area (TPSA) is 32.3 Å². The molecule has 2 aliphatic heterocycles. The van der Waals surface area contributed by atoms with Crippen LogP contribution in [-0.4, -0.2) is 47.1 Å². The Bertz CT molecular complexity index is 451. The lowest BCUT2D eigenvalue weighted by Gasteiger charge is -2.27. The van der Waals surface area contributed by atoms with Gasteiger partial charge in [-0.1, -0.05) is 18.5 Å². The van der Waals surface area contributed by atoms with Gasteiger partial charge in [0.1, 0.15) is 17.3 Å². The molecule has 1 unspecified atom stereocenters. The van der Waals surface area contributed by atoms with Crippen LogP contribution in [0, 0.1) is 0 Å². The molecule has 2 aliphatic rings. The molecular weight excluding hydrogens is 260 g/mol. The molecule has 19 heavy (non-hydrogen) atoms. The van der Waals surface area contributed by atoms with Gasteiger partial charge in [-0.15, -0.1) is 0 Å². The highest BCUT2D eigenvalue weighted by atomic mass is 35.5. The van der Waals surface area contributed by atoms with Gasteiger partial charge in [-0.25, -0.2) is 9.97 Å². The summed E-state index contributed by atoms with van der Waals surface area (Å²) in [5.74, 6) is 1.05. The summed E-state index contributed by atoms with van der Waals surface area (Å²) in [5.41, 5.74) is 1.09. The number of rotatable bonds is 2. The molecule has 0 aromatic carbocycles. The fraction of sp³-hybridized carbons (Fsp3) is 0.714. The van der Waals surface area contributed by atoms with E-state index in [0.29, 0.717) is 11.2 Å². The Hall–Kier alpha value is -0.870. The van der Waals surface area contributed by atoms with E-state index < -0.39 is 0 Å². The minimum absolute atomic E-state index is 0.611. The van der Waals surface area contributed by atoms with Crippen LogP contribution in [0.2, 0.25) is 5.15 Å². The summed E-state index contributed by atoms with van der Waals surface area (Å²) in [6.07, 6.45) is 6.34. The Morgan fingerprint density at radius 2 is 2.11 bits per heavy atom. The second kappa shape index (κ2) is 5.63. The lowest BCUT2D eigenvalue weighted by Crippen LogP contribution is -2.37. The minimum atomic E-state index is 0.611. The van der Waals surface area contributed by atoms with Crippen molar-refractivity contribution in [3.8, 4) is 0 Å². The number of fused-ring (bicyclic) bond motifs is 1. The molecule has 0 aliphatic carbocycles. The normalized spacial score (nSPS) is 24.3. The highest BCUT2D eigenvalue weighted by Gasteiger charge is 2.30. The van der Waals surface area contributed by atoms with Gasteiger partial charge in [-0.3, -0.25) is 4.90 Å². The Labute approximate surface area is 119 Å². The van der Waals surface area contributed by atoms with Crippen molar-refractivity contribution in [3.05, 3.63) is 17.0 Å². The molecule has 0 saturated carbocycles. The number of hydrogen-bond donors (Lipinski definition) is 0. The molecule has 5 heteroatoms. The zero-order valence-electron chi connectivity index (χ0n) is 11.5. The number of hydrogen-bond acceptors (Lipinski definition) is 4. The Morgan fingerprint density at radius 1 is 1.26 bits per heavy atom. The summed E-state index contributed by atoms with van der Waals surface area (Å²) in [5, 5.41) is 0.611. The molecule has 4 nitrogen and oxygen atoms in total. The third kappa shape index (κ3) is 2.56. The first-order chi connectivity index (χ1) is 9.29. The number of aromatic nitrogens is 2. The standard InChI is InChI=1S/C14H21ClN4/c1-2-12-13(15)16-10-17-14(12)19-8-4-7-18-6-3-5-11(18)9-19/h10-11H,2-9H2,1H3. The van der Waals surface area contributed by atoms with Gasteiger partial charge in [-0.2, -0.15) is 0 Å². The lowest BCUT2D eigenvalue weighted by atomic mass is 10.2. The van der Waals surface area contributed by atoms with Crippen LogP contribution in [0.15, 0.2) is 6.33 Å². The fourth-order valence-corrected chi connectivity index (χ4v) is 3.62. The molecule has 0 N–H and O–H groups in total. The Morgan fingerprint density at radius 3 is 2.95 bits per heavy atom. The maximum atomic E-state index is 6.21. The zero-order chi connectivity index (χ0) is 13.2. The second-order valence-corrected chi connectivity index (χ2v) is 5.81. The smallest absolute Gasteiger partial charge is 0.137 e. The van der Waals surface area contributed by atoms with Crippen LogP contribution in [0.5, 0.6) is 0 Å². The van der Waals surface area contributed by atoms with Gasteiger partial charge in [0.15, 0.2) is 0 Å². The highest BCUT2D eigenvalue weighted by Crippen LogP contribution is 2.28. The molecule has 2 saturated heterocycles. The van der Waals surface area contributed by atoms with Crippen LogP contribution in [-0.2, 0) is 6.42 Å². The predicted octanol–water partition coefficient (Wildman–Crippen LogP) is 2.37. The summed E-state index contributed by atoms with van der Waals surface area (Å²) in [6, 6.07) is 0.695. The maximum absolute atomic E-state index is 6.21. The van der Waals surface area contributed by atoms with E-state index in [2.05, 4.69) is 26.7 Å². The summed E-state index contributed by atoms with van der Waals surface area (Å²) < 4.78 is 0. The molecule has 1 aromatic heterocycles. The summed E-state index contributed by atoms with van der Waals surface area (Å²) in [4.78, 5) is 13.7. The van der Waals surface area contributed by atoms with Crippen LogP contribution >= 0.6 is 11.6 Å². The van der Waals surface area contributed by atoms with Crippen molar-refractivity contribution in [1.29, 1.82) is 0 Å². The van der Waals surface area contributed by atoms with Gasteiger partial charge in [0.2, 0.25) is 0 Å². The molecule has 104 valence electrons. The maximum Gasteiger partial charge on any atom is 0.137 e. The summed E-state index contributed by atoms with van der Waals surface area (Å²) in [6.45, 7) is 6.77. The van der Waals surface area contributed by atoms with E-state index in [1.54, 1.807) is 6.33 Å². The van der Waals surface area contributed by atoms with E-state index in [1.165, 1.54) is 32.4 Å². The molecule has 2 fully saturated rings. The molecule has 0 amide bonds. The molecule has 1 atom stereocenters. The molecular formula is C14H21ClN4. The Kier molecular flexibility index (Phi) is 3.89.